The van der Waals surface area contributed by atoms with E-state index < -0.39 is 11.7 Å². The molecule has 1 amide bonds. The minimum atomic E-state index is -0.637. The summed E-state index contributed by atoms with van der Waals surface area (Å²) in [5.41, 5.74) is 3.73. The minimum absolute atomic E-state index is 0.262. The van der Waals surface area contributed by atoms with Gasteiger partial charge in [0.15, 0.2) is 0 Å². The molecule has 0 spiro atoms. The van der Waals surface area contributed by atoms with Gasteiger partial charge in [0.25, 0.3) is 11.7 Å². The van der Waals surface area contributed by atoms with E-state index in [0.717, 1.165) is 28.0 Å². The molecule has 0 saturated heterocycles. The van der Waals surface area contributed by atoms with Crippen LogP contribution in [0.4, 0.5) is 0 Å². The topological polar surface area (TPSA) is 59.8 Å². The van der Waals surface area contributed by atoms with Crippen LogP contribution in [0.2, 0.25) is 0 Å². The Morgan fingerprint density at radius 2 is 1.66 bits per heavy atom. The van der Waals surface area contributed by atoms with Crippen LogP contribution in [0.1, 0.15) is 16.1 Å². The number of hydrogen-bond acceptors (Lipinski definition) is 3. The van der Waals surface area contributed by atoms with Gasteiger partial charge in [-0.1, -0.05) is 48.5 Å². The molecule has 0 radical (unpaired) electrons. The van der Waals surface area contributed by atoms with E-state index in [-0.39, 0.29) is 6.54 Å². The number of amides is 1. The first-order chi connectivity index (χ1) is 14.2. The number of Topliss-reactive ketones (excluding diaryl/α,β-unsaturated/α-hetero) is 1. The molecule has 0 unspecified atom stereocenters. The van der Waals surface area contributed by atoms with E-state index in [0.29, 0.717) is 5.69 Å². The summed E-state index contributed by atoms with van der Waals surface area (Å²) < 4.78 is 6.90. The Morgan fingerprint density at radius 1 is 0.931 bits per heavy atom. The largest absolute Gasteiger partial charge is 0.497 e. The van der Waals surface area contributed by atoms with Crippen LogP contribution in [0.15, 0.2) is 85.1 Å². The third kappa shape index (κ3) is 3.75. The zero-order chi connectivity index (χ0) is 20.2. The number of methoxy groups -OCH3 is 1. The number of ketones is 1. The van der Waals surface area contributed by atoms with Gasteiger partial charge < -0.3 is 14.5 Å². The van der Waals surface area contributed by atoms with Crippen molar-refractivity contribution in [2.45, 2.75) is 6.54 Å². The molecule has 2 heterocycles. The summed E-state index contributed by atoms with van der Waals surface area (Å²) in [6.07, 6.45) is 1.80. The van der Waals surface area contributed by atoms with E-state index in [9.17, 15) is 9.59 Å². The standard InChI is InChI=1S/C24H20N2O3/c1-29-20-12-10-17(11-13-20)16-25-24(28)23(27)22-21(18-7-3-2-4-8-18)15-19-9-5-6-14-26(19)22/h2-15H,16H2,1H3,(H,25,28). The fraction of sp³-hybridized carbons (Fsp3) is 0.0833. The van der Waals surface area contributed by atoms with Gasteiger partial charge in [-0.15, -0.1) is 0 Å². The molecule has 0 aliphatic heterocycles. The molecule has 2 aromatic heterocycles. The lowest BCUT2D eigenvalue weighted by atomic mass is 10.0. The lowest BCUT2D eigenvalue weighted by molar-refractivity contribution is -0.117. The van der Waals surface area contributed by atoms with E-state index in [1.807, 2.05) is 78.9 Å². The molecule has 0 fully saturated rings. The van der Waals surface area contributed by atoms with Crippen LogP contribution in [-0.2, 0) is 11.3 Å². The maximum absolute atomic E-state index is 13.1. The Balaban J connectivity index is 1.62. The van der Waals surface area contributed by atoms with E-state index in [1.54, 1.807) is 17.7 Å². The predicted octanol–water partition coefficient (Wildman–Crippen LogP) is 4.11. The highest BCUT2D eigenvalue weighted by atomic mass is 16.5. The van der Waals surface area contributed by atoms with E-state index in [4.69, 9.17) is 4.74 Å². The van der Waals surface area contributed by atoms with Gasteiger partial charge in [0.1, 0.15) is 11.4 Å². The van der Waals surface area contributed by atoms with Gasteiger partial charge in [0, 0.05) is 23.8 Å². The van der Waals surface area contributed by atoms with Crippen molar-refractivity contribution in [3.63, 3.8) is 0 Å². The summed E-state index contributed by atoms with van der Waals surface area (Å²) in [7, 11) is 1.60. The number of pyridine rings is 1. The molecule has 5 nitrogen and oxygen atoms in total. The van der Waals surface area contributed by atoms with Crippen molar-refractivity contribution in [2.24, 2.45) is 0 Å². The van der Waals surface area contributed by atoms with E-state index >= 15 is 0 Å². The van der Waals surface area contributed by atoms with Crippen molar-refractivity contribution in [1.82, 2.24) is 9.72 Å². The van der Waals surface area contributed by atoms with Gasteiger partial charge in [0.05, 0.1) is 7.11 Å². The number of ether oxygens (including phenoxy) is 1. The first-order valence-corrected chi connectivity index (χ1v) is 9.28. The lowest BCUT2D eigenvalue weighted by Gasteiger charge is -2.08. The summed E-state index contributed by atoms with van der Waals surface area (Å²) in [6.45, 7) is 0.262. The predicted molar refractivity (Wildman–Crippen MR) is 112 cm³/mol. The molecule has 4 rings (SSSR count). The van der Waals surface area contributed by atoms with Crippen LogP contribution in [-0.4, -0.2) is 23.2 Å². The van der Waals surface area contributed by atoms with Crippen molar-refractivity contribution in [3.8, 4) is 16.9 Å². The number of fused-ring (bicyclic) bond motifs is 1. The molecule has 0 saturated carbocycles. The molecule has 2 aromatic carbocycles. The van der Waals surface area contributed by atoms with Crippen molar-refractivity contribution in [3.05, 3.63) is 96.3 Å². The molecule has 0 bridgehead atoms. The quantitative estimate of drug-likeness (QED) is 0.402. The molecule has 4 aromatic rings. The number of benzene rings is 2. The Hall–Kier alpha value is -3.86. The van der Waals surface area contributed by atoms with Crippen LogP contribution in [0.5, 0.6) is 5.75 Å². The third-order valence-electron chi connectivity index (χ3n) is 4.80. The first kappa shape index (κ1) is 18.5. The van der Waals surface area contributed by atoms with Crippen molar-refractivity contribution in [1.29, 1.82) is 0 Å². The van der Waals surface area contributed by atoms with E-state index in [1.165, 1.54) is 0 Å². The molecular formula is C24H20N2O3. The average molecular weight is 384 g/mol. The second kappa shape index (κ2) is 8.02. The normalized spacial score (nSPS) is 10.7. The van der Waals surface area contributed by atoms with Crippen LogP contribution in [0.25, 0.3) is 16.6 Å². The molecule has 0 aliphatic carbocycles. The second-order valence-corrected chi connectivity index (χ2v) is 6.63. The highest BCUT2D eigenvalue weighted by Crippen LogP contribution is 2.28. The van der Waals surface area contributed by atoms with Crippen LogP contribution < -0.4 is 10.1 Å². The maximum atomic E-state index is 13.1. The number of aromatic nitrogens is 1. The summed E-state index contributed by atoms with van der Waals surface area (Å²) in [4.78, 5) is 25.7. The van der Waals surface area contributed by atoms with Gasteiger partial charge in [-0.2, -0.15) is 0 Å². The summed E-state index contributed by atoms with van der Waals surface area (Å²) in [5.74, 6) is -0.464. The Labute approximate surface area is 168 Å². The average Bonchev–Trinajstić information content (AvgIpc) is 3.17. The Bertz CT molecular complexity index is 1160. The second-order valence-electron chi connectivity index (χ2n) is 6.63. The van der Waals surface area contributed by atoms with Crippen LogP contribution >= 0.6 is 0 Å². The van der Waals surface area contributed by atoms with Gasteiger partial charge in [-0.3, -0.25) is 9.59 Å². The number of nitrogens with one attached hydrogen (secondary N) is 1. The van der Waals surface area contributed by atoms with Gasteiger partial charge in [0.2, 0.25) is 0 Å². The zero-order valence-corrected chi connectivity index (χ0v) is 16.0. The highest BCUT2D eigenvalue weighted by molar-refractivity contribution is 6.43. The van der Waals surface area contributed by atoms with Crippen molar-refractivity contribution < 1.29 is 14.3 Å². The molecule has 144 valence electrons. The van der Waals surface area contributed by atoms with Crippen LogP contribution in [0.3, 0.4) is 0 Å². The maximum Gasteiger partial charge on any atom is 0.294 e. The lowest BCUT2D eigenvalue weighted by Crippen LogP contribution is -2.31. The molecular weight excluding hydrogens is 364 g/mol. The highest BCUT2D eigenvalue weighted by Gasteiger charge is 2.24. The van der Waals surface area contributed by atoms with Gasteiger partial charge in [-0.25, -0.2) is 0 Å². The summed E-state index contributed by atoms with van der Waals surface area (Å²) in [5, 5.41) is 2.73. The van der Waals surface area contributed by atoms with Crippen molar-refractivity contribution in [2.75, 3.05) is 7.11 Å². The fourth-order valence-electron chi connectivity index (χ4n) is 3.31. The number of rotatable bonds is 6. The number of carbonyl (C=O) groups excluding carboxylic acids is 2. The Morgan fingerprint density at radius 3 is 2.38 bits per heavy atom. The Kier molecular flexibility index (Phi) is 5.12. The van der Waals surface area contributed by atoms with Gasteiger partial charge >= 0.3 is 0 Å². The SMILES string of the molecule is COc1ccc(CNC(=O)C(=O)c2c(-c3ccccc3)cc3ccccn23)cc1. The van der Waals surface area contributed by atoms with Crippen molar-refractivity contribution >= 4 is 17.2 Å². The van der Waals surface area contributed by atoms with Crippen LogP contribution in [0, 0.1) is 0 Å². The van der Waals surface area contributed by atoms with E-state index in [2.05, 4.69) is 5.32 Å². The summed E-state index contributed by atoms with van der Waals surface area (Å²) in [6, 6.07) is 24.5. The number of nitrogens with zero attached hydrogens (tertiary/aromatic N) is 1. The number of carbonyl (C=O) groups is 2. The molecule has 0 aliphatic rings. The third-order valence-corrected chi connectivity index (χ3v) is 4.80. The monoisotopic (exact) mass is 384 g/mol. The first-order valence-electron chi connectivity index (χ1n) is 9.28. The number of hydrogen-bond donors (Lipinski definition) is 1. The molecule has 1 N–H and O–H groups in total. The van der Waals surface area contributed by atoms with Gasteiger partial charge in [-0.05, 0) is 41.5 Å². The molecule has 5 heteroatoms. The fourth-order valence-corrected chi connectivity index (χ4v) is 3.31. The summed E-state index contributed by atoms with van der Waals surface area (Å²) >= 11 is 0. The molecule has 0 atom stereocenters. The zero-order valence-electron chi connectivity index (χ0n) is 16.0. The molecule has 29 heavy (non-hydrogen) atoms. The smallest absolute Gasteiger partial charge is 0.294 e. The minimum Gasteiger partial charge on any atom is -0.497 e.